The molecule has 198 valence electrons. The van der Waals surface area contributed by atoms with Gasteiger partial charge in [-0.3, -0.25) is 9.69 Å². The number of fused-ring (bicyclic) bond motifs is 1. The zero-order valence-corrected chi connectivity index (χ0v) is 21.1. The minimum Gasteiger partial charge on any atom is -0.489 e. The molecule has 3 heterocycles. The first-order valence-electron chi connectivity index (χ1n) is 13.4. The van der Waals surface area contributed by atoms with Gasteiger partial charge >= 0.3 is 5.97 Å². The monoisotopic (exact) mass is 502 g/mol. The molecule has 3 fully saturated rings. The number of esters is 1. The van der Waals surface area contributed by atoms with Crippen LogP contribution in [0, 0.1) is 11.8 Å². The van der Waals surface area contributed by atoms with E-state index in [0.717, 1.165) is 75.6 Å². The first-order chi connectivity index (χ1) is 17.5. The molecular formula is C27H38N2O7. The minimum absolute atomic E-state index is 0.0458. The fraction of sp³-hybridized carbons (Fsp3) is 0.704. The summed E-state index contributed by atoms with van der Waals surface area (Å²) < 4.78 is 29.0. The smallest absolute Gasteiger partial charge is 0.310 e. The second-order valence-electron chi connectivity index (χ2n) is 10.5. The molecule has 1 aliphatic carbocycles. The van der Waals surface area contributed by atoms with E-state index < -0.39 is 0 Å². The number of piperidine rings is 1. The number of rotatable bonds is 8. The van der Waals surface area contributed by atoms with Gasteiger partial charge in [-0.2, -0.15) is 0 Å². The van der Waals surface area contributed by atoms with Gasteiger partial charge in [-0.25, -0.2) is 0 Å². The molecule has 1 N–H and O–H groups in total. The van der Waals surface area contributed by atoms with Gasteiger partial charge in [-0.1, -0.05) is 6.07 Å². The first-order valence-corrected chi connectivity index (χ1v) is 13.4. The van der Waals surface area contributed by atoms with Crippen LogP contribution in [0.2, 0.25) is 0 Å². The summed E-state index contributed by atoms with van der Waals surface area (Å²) in [5.74, 6) is 1.44. The third-order valence-corrected chi connectivity index (χ3v) is 7.74. The maximum absolute atomic E-state index is 12.4. The fourth-order valence-corrected chi connectivity index (χ4v) is 5.44. The zero-order chi connectivity index (χ0) is 24.9. The predicted molar refractivity (Wildman–Crippen MR) is 132 cm³/mol. The molecule has 2 aromatic rings. The number of ether oxygens (including phenoxy) is 4. The molecular weight excluding hydrogens is 464 g/mol. The largest absolute Gasteiger partial charge is 0.489 e. The normalized spacial score (nSPS) is 28.2. The number of aliphatic hydroxyl groups excluding tert-OH is 1. The van der Waals surface area contributed by atoms with Crippen LogP contribution in [0.3, 0.4) is 0 Å². The molecule has 0 spiro atoms. The van der Waals surface area contributed by atoms with Crippen molar-refractivity contribution in [3.8, 4) is 11.6 Å². The van der Waals surface area contributed by atoms with Crippen LogP contribution in [0.15, 0.2) is 22.7 Å². The van der Waals surface area contributed by atoms with E-state index >= 15 is 0 Å². The van der Waals surface area contributed by atoms with E-state index in [4.69, 9.17) is 23.5 Å². The van der Waals surface area contributed by atoms with E-state index in [1.807, 2.05) is 25.1 Å². The molecule has 5 rings (SSSR count). The molecule has 9 nitrogen and oxygen atoms in total. The van der Waals surface area contributed by atoms with Gasteiger partial charge in [0.05, 0.1) is 30.8 Å². The average molecular weight is 503 g/mol. The summed E-state index contributed by atoms with van der Waals surface area (Å²) in [6, 6.07) is 5.70. The van der Waals surface area contributed by atoms with Crippen LogP contribution in [0.4, 0.5) is 0 Å². The van der Waals surface area contributed by atoms with Gasteiger partial charge in [0, 0.05) is 19.7 Å². The van der Waals surface area contributed by atoms with Crippen molar-refractivity contribution in [1.82, 2.24) is 10.1 Å². The van der Waals surface area contributed by atoms with Crippen molar-refractivity contribution >= 4 is 16.9 Å². The van der Waals surface area contributed by atoms with Crippen molar-refractivity contribution < 1.29 is 33.4 Å². The Morgan fingerprint density at radius 2 is 1.94 bits per heavy atom. The summed E-state index contributed by atoms with van der Waals surface area (Å²) >= 11 is 0. The summed E-state index contributed by atoms with van der Waals surface area (Å²) in [7, 11) is 0. The van der Waals surface area contributed by atoms with Gasteiger partial charge in [0.1, 0.15) is 17.9 Å². The highest BCUT2D eigenvalue weighted by molar-refractivity contribution is 5.88. The molecule has 1 aromatic carbocycles. The Labute approximate surface area is 212 Å². The van der Waals surface area contributed by atoms with Crippen molar-refractivity contribution in [1.29, 1.82) is 0 Å². The highest BCUT2D eigenvalue weighted by atomic mass is 16.6. The number of nitrogens with zero attached hydrogens (tertiary/aromatic N) is 2. The van der Waals surface area contributed by atoms with Crippen molar-refractivity contribution in [3.63, 3.8) is 0 Å². The quantitative estimate of drug-likeness (QED) is 0.538. The van der Waals surface area contributed by atoms with Crippen molar-refractivity contribution in [2.75, 3.05) is 33.0 Å². The van der Waals surface area contributed by atoms with Gasteiger partial charge in [-0.15, -0.1) is 0 Å². The molecule has 2 unspecified atom stereocenters. The average Bonchev–Trinajstić information content (AvgIpc) is 3.32. The second kappa shape index (κ2) is 11.8. The summed E-state index contributed by atoms with van der Waals surface area (Å²) in [5.41, 5.74) is 0.647. The van der Waals surface area contributed by atoms with Crippen LogP contribution in [-0.4, -0.2) is 72.5 Å². The maximum Gasteiger partial charge on any atom is 0.310 e. The Morgan fingerprint density at radius 1 is 1.14 bits per heavy atom. The van der Waals surface area contributed by atoms with Crippen LogP contribution in [0.5, 0.6) is 11.6 Å². The summed E-state index contributed by atoms with van der Waals surface area (Å²) in [4.78, 5) is 14.6. The van der Waals surface area contributed by atoms with E-state index in [1.165, 1.54) is 0 Å². The van der Waals surface area contributed by atoms with E-state index in [-0.39, 0.29) is 30.2 Å². The molecule has 1 aromatic heterocycles. The lowest BCUT2D eigenvalue weighted by Gasteiger charge is -2.32. The van der Waals surface area contributed by atoms with Crippen molar-refractivity contribution in [3.05, 3.63) is 18.2 Å². The minimum atomic E-state index is -0.218. The maximum atomic E-state index is 12.4. The standard InChI is InChI=1S/C27H38N2O7/c1-18-15-20(11-14-32-18)27(31)34-17-29-12-9-19(10-13-29)16-33-26-25-23(3-2-4-24(25)36-28-26)35-22-7-5-21(30)6-8-22/h2-4,18-22,30H,5-17H2,1H3. The highest BCUT2D eigenvalue weighted by Crippen LogP contribution is 2.36. The van der Waals surface area contributed by atoms with Crippen LogP contribution >= 0.6 is 0 Å². The molecule has 2 aliphatic heterocycles. The number of hydrogen-bond donors (Lipinski definition) is 1. The Hall–Kier alpha value is -2.36. The van der Waals surface area contributed by atoms with Crippen LogP contribution in [0.25, 0.3) is 11.0 Å². The number of carbonyl (C=O) groups excluding carboxylic acids is 1. The lowest BCUT2D eigenvalue weighted by Crippen LogP contribution is -2.39. The number of aliphatic hydroxyl groups is 1. The zero-order valence-electron chi connectivity index (χ0n) is 21.1. The van der Waals surface area contributed by atoms with Crippen LogP contribution < -0.4 is 9.47 Å². The molecule has 0 amide bonds. The first kappa shape index (κ1) is 25.3. The number of hydrogen-bond acceptors (Lipinski definition) is 9. The van der Waals surface area contributed by atoms with E-state index in [2.05, 4.69) is 10.1 Å². The number of carbonyl (C=O) groups is 1. The molecule has 2 atom stereocenters. The van der Waals surface area contributed by atoms with E-state index in [9.17, 15) is 9.90 Å². The van der Waals surface area contributed by atoms with Crippen molar-refractivity contribution in [2.45, 2.75) is 76.6 Å². The van der Waals surface area contributed by atoms with Crippen molar-refractivity contribution in [2.24, 2.45) is 11.8 Å². The van der Waals surface area contributed by atoms with E-state index in [0.29, 0.717) is 37.3 Å². The lowest BCUT2D eigenvalue weighted by molar-refractivity contribution is -0.159. The molecule has 0 bridgehead atoms. The third kappa shape index (κ3) is 6.30. The summed E-state index contributed by atoms with van der Waals surface area (Å²) in [6.45, 7) is 5.28. The highest BCUT2D eigenvalue weighted by Gasteiger charge is 2.28. The van der Waals surface area contributed by atoms with Gasteiger partial charge < -0.3 is 28.6 Å². The molecule has 9 heteroatoms. The molecule has 2 saturated heterocycles. The fourth-order valence-electron chi connectivity index (χ4n) is 5.44. The van der Waals surface area contributed by atoms with Gasteiger partial charge in [0.15, 0.2) is 5.58 Å². The van der Waals surface area contributed by atoms with Gasteiger partial charge in [0.25, 0.3) is 5.88 Å². The molecule has 0 radical (unpaired) electrons. The Balaban J connectivity index is 1.08. The Bertz CT molecular complexity index is 995. The molecule has 36 heavy (non-hydrogen) atoms. The number of benzene rings is 1. The summed E-state index contributed by atoms with van der Waals surface area (Å²) in [6.07, 6.45) is 6.60. The SMILES string of the molecule is CC1CC(C(=O)OCN2CCC(COc3noc4cccc(OC5CCC(O)CC5)c34)CC2)CCO1. The Kier molecular flexibility index (Phi) is 8.29. The summed E-state index contributed by atoms with van der Waals surface area (Å²) in [5, 5.41) is 14.7. The Morgan fingerprint density at radius 3 is 2.72 bits per heavy atom. The lowest BCUT2D eigenvalue weighted by atomic mass is 9.95. The van der Waals surface area contributed by atoms with Gasteiger partial charge in [-0.05, 0) is 81.5 Å². The molecule has 3 aliphatic rings. The second-order valence-corrected chi connectivity index (χ2v) is 10.5. The topological polar surface area (TPSA) is 103 Å². The third-order valence-electron chi connectivity index (χ3n) is 7.74. The predicted octanol–water partition coefficient (Wildman–Crippen LogP) is 3.92. The van der Waals surface area contributed by atoms with Crippen LogP contribution in [-0.2, 0) is 14.3 Å². The van der Waals surface area contributed by atoms with E-state index in [1.54, 1.807) is 0 Å². The van der Waals surface area contributed by atoms with Crippen LogP contribution in [0.1, 0.15) is 58.3 Å². The van der Waals surface area contributed by atoms with Gasteiger partial charge in [0.2, 0.25) is 0 Å². The number of aromatic nitrogens is 1. The number of likely N-dealkylation sites (tertiary alicyclic amines) is 1. The molecule has 1 saturated carbocycles.